The highest BCUT2D eigenvalue weighted by molar-refractivity contribution is 6.07. The van der Waals surface area contributed by atoms with E-state index in [0.29, 0.717) is 17.8 Å². The zero-order valence-corrected chi connectivity index (χ0v) is 35.4. The van der Waals surface area contributed by atoms with Gasteiger partial charge in [-0.1, -0.05) is 44.7 Å². The molecule has 0 aromatic carbocycles. The molecule has 17 heteroatoms. The highest BCUT2D eigenvalue weighted by atomic mass is 19.1. The number of likely N-dealkylation sites (N-methyl/N-ethyl adjacent to an activating group) is 1. The second kappa shape index (κ2) is 19.0. The van der Waals surface area contributed by atoms with E-state index in [0.717, 1.165) is 6.92 Å². The van der Waals surface area contributed by atoms with E-state index in [1.807, 2.05) is 25.9 Å². The Morgan fingerprint density at radius 3 is 2.43 bits per heavy atom. The second-order valence-electron chi connectivity index (χ2n) is 16.6. The Kier molecular flexibility index (Phi) is 15.3. The fourth-order valence-electron chi connectivity index (χ4n) is 8.29. The largest absolute Gasteiger partial charge is 0.457 e. The van der Waals surface area contributed by atoms with E-state index < -0.39 is 77.0 Å². The van der Waals surface area contributed by atoms with Crippen molar-refractivity contribution in [2.75, 3.05) is 27.7 Å². The van der Waals surface area contributed by atoms with Crippen molar-refractivity contribution >= 4 is 17.5 Å². The minimum atomic E-state index is -3.20. The molecule has 0 spiro atoms. The van der Waals surface area contributed by atoms with Crippen LogP contribution in [0.2, 0.25) is 0 Å². The van der Waals surface area contributed by atoms with E-state index >= 15 is 4.39 Å². The maximum Gasteiger partial charge on any atom is 0.351 e. The summed E-state index contributed by atoms with van der Waals surface area (Å²) in [4.78, 5) is 58.8. The minimum absolute atomic E-state index is 0.00974. The number of Topliss-reactive ketones (excluding diaryl/α,β-unsaturated/α-hetero) is 2. The molecule has 0 amide bonds. The van der Waals surface area contributed by atoms with Gasteiger partial charge in [0.2, 0.25) is 0 Å². The average molecular weight is 817 g/mol. The van der Waals surface area contributed by atoms with Gasteiger partial charge in [-0.15, -0.1) is 5.10 Å². The van der Waals surface area contributed by atoms with Crippen LogP contribution in [-0.4, -0.2) is 140 Å². The Hall–Kier alpha value is -3.89. The molecule has 2 unspecified atom stereocenters. The molecule has 322 valence electrons. The Labute approximate surface area is 339 Å². The number of H-pyrrole nitrogens is 1. The molecule has 4 rings (SSSR count). The van der Waals surface area contributed by atoms with Crippen molar-refractivity contribution in [3.63, 3.8) is 0 Å². The third kappa shape index (κ3) is 10.3. The van der Waals surface area contributed by atoms with Crippen LogP contribution in [-0.2, 0) is 39.9 Å². The van der Waals surface area contributed by atoms with E-state index in [4.69, 9.17) is 18.9 Å². The first-order valence-electron chi connectivity index (χ1n) is 19.8. The summed E-state index contributed by atoms with van der Waals surface area (Å²) in [6.45, 7) is 12.1. The van der Waals surface area contributed by atoms with E-state index in [-0.39, 0.29) is 49.3 Å². The maximum absolute atomic E-state index is 16.7. The number of nitrogens with one attached hydrogen (secondary N) is 2. The molecule has 4 heterocycles. The number of rotatable bonds is 9. The van der Waals surface area contributed by atoms with Crippen molar-refractivity contribution in [3.05, 3.63) is 34.7 Å². The number of esters is 1. The SMILES string of the molecule is CC[C@H]1OC(=O)[C@@](C)(F)C(=O)[C@H](C)[C@@H](O[C@@H]2O[C@H](C)CC(N(C)C)C2O)[C@](C)(OC)C[C@@H](C)C(=O)[C@H](C)[C@@H](NCC#CCn2cc(-c3cc(=O)cc[nH]3)nn2)[C@]1(C)O. The van der Waals surface area contributed by atoms with Gasteiger partial charge in [-0.3, -0.25) is 19.7 Å². The molecule has 2 aromatic rings. The van der Waals surface area contributed by atoms with Crippen molar-refractivity contribution in [2.24, 2.45) is 17.8 Å². The molecular weight excluding hydrogens is 755 g/mol. The molecule has 2 aromatic heterocycles. The third-order valence-electron chi connectivity index (χ3n) is 11.8. The number of methoxy groups -OCH3 is 1. The number of cyclic esters (lactones) is 1. The fraction of sp³-hybridized carbons (Fsp3) is 0.707. The molecule has 0 aliphatic carbocycles. The molecular formula is C41H61FN6O10. The van der Waals surface area contributed by atoms with Crippen LogP contribution in [0.15, 0.2) is 29.3 Å². The summed E-state index contributed by atoms with van der Waals surface area (Å²) in [6, 6.07) is 1.34. The van der Waals surface area contributed by atoms with E-state index in [9.17, 15) is 29.4 Å². The number of hydrogen-bond donors (Lipinski definition) is 4. The van der Waals surface area contributed by atoms with Gasteiger partial charge in [-0.05, 0) is 61.1 Å². The highest BCUT2D eigenvalue weighted by Crippen LogP contribution is 2.39. The Balaban J connectivity index is 1.67. The molecule has 4 N–H and O–H groups in total. The summed E-state index contributed by atoms with van der Waals surface area (Å²) in [5.74, 6) is -0.114. The monoisotopic (exact) mass is 816 g/mol. The summed E-state index contributed by atoms with van der Waals surface area (Å²) in [6.07, 6.45) is -1.84. The van der Waals surface area contributed by atoms with E-state index in [1.54, 1.807) is 33.9 Å². The summed E-state index contributed by atoms with van der Waals surface area (Å²) >= 11 is 0. The van der Waals surface area contributed by atoms with Crippen LogP contribution in [0, 0.1) is 29.6 Å². The Morgan fingerprint density at radius 2 is 1.81 bits per heavy atom. The molecule has 13 atom stereocenters. The average Bonchev–Trinajstić information content (AvgIpc) is 3.65. The van der Waals surface area contributed by atoms with Crippen LogP contribution in [0.5, 0.6) is 0 Å². The second-order valence-corrected chi connectivity index (χ2v) is 16.6. The van der Waals surface area contributed by atoms with Gasteiger partial charge in [-0.2, -0.15) is 0 Å². The first-order valence-corrected chi connectivity index (χ1v) is 19.8. The van der Waals surface area contributed by atoms with Gasteiger partial charge in [0, 0.05) is 55.3 Å². The zero-order valence-electron chi connectivity index (χ0n) is 35.4. The molecule has 2 aliphatic rings. The fourth-order valence-corrected chi connectivity index (χ4v) is 8.29. The topological polar surface area (TPSA) is 207 Å². The molecule has 2 saturated heterocycles. The number of aliphatic hydroxyl groups is 2. The standard InChI is InChI=1S/C41H61FN6O10/c1-12-31-41(8,54)34(44-16-13-14-18-48-22-29(45-46-48)28-20-27(49)15-17-43-28)25(4)32(50)23(2)21-39(6,55-11)36(26(5)35(52)40(7,42)38(53)57-31)58-37-33(51)30(47(9)10)19-24(3)56-37/h15,17,20,22-26,30-31,33-34,36-37,44,51,54H,12,16,18-19,21H2,1-11H3,(H,43,49)/t23-,24-,25+,26+,30?,31-,33?,34-,36-,37+,39-,40+,41-/m1/s1. The van der Waals surface area contributed by atoms with Crippen molar-refractivity contribution < 1.29 is 47.9 Å². The number of halogens is 1. The molecule has 0 saturated carbocycles. The number of alkyl halides is 1. The van der Waals surface area contributed by atoms with E-state index in [1.165, 1.54) is 44.0 Å². The summed E-state index contributed by atoms with van der Waals surface area (Å²) in [5, 5.41) is 34.8. The highest BCUT2D eigenvalue weighted by Gasteiger charge is 2.56. The zero-order chi connectivity index (χ0) is 43.3. The van der Waals surface area contributed by atoms with Gasteiger partial charge in [-0.25, -0.2) is 13.9 Å². The molecule has 0 bridgehead atoms. The van der Waals surface area contributed by atoms with Crippen molar-refractivity contribution in [1.29, 1.82) is 0 Å². The van der Waals surface area contributed by atoms with Crippen LogP contribution in [0.3, 0.4) is 0 Å². The van der Waals surface area contributed by atoms with Crippen LogP contribution in [0.1, 0.15) is 74.7 Å². The molecule has 2 fully saturated rings. The lowest BCUT2D eigenvalue weighted by molar-refractivity contribution is -0.295. The maximum atomic E-state index is 16.7. The van der Waals surface area contributed by atoms with Gasteiger partial charge in [0.1, 0.15) is 35.8 Å². The van der Waals surface area contributed by atoms with Crippen LogP contribution < -0.4 is 10.7 Å². The van der Waals surface area contributed by atoms with Crippen molar-refractivity contribution in [1.82, 2.24) is 30.2 Å². The van der Waals surface area contributed by atoms with Crippen molar-refractivity contribution in [2.45, 2.75) is 141 Å². The number of ether oxygens (including phenoxy) is 4. The number of ketones is 2. The lowest BCUT2D eigenvalue weighted by atomic mass is 9.73. The number of aromatic nitrogens is 4. The number of nitrogens with zero attached hydrogens (tertiary/aromatic N) is 4. The molecule has 2 aliphatic heterocycles. The molecule has 0 radical (unpaired) electrons. The summed E-state index contributed by atoms with van der Waals surface area (Å²) in [7, 11) is 5.00. The number of hydrogen-bond acceptors (Lipinski definition) is 14. The van der Waals surface area contributed by atoms with Crippen molar-refractivity contribution in [3.8, 4) is 23.2 Å². The van der Waals surface area contributed by atoms with Gasteiger partial charge in [0.25, 0.3) is 5.67 Å². The first-order chi connectivity index (χ1) is 27.1. The molecule has 58 heavy (non-hydrogen) atoms. The van der Waals surface area contributed by atoms with Gasteiger partial charge < -0.3 is 39.0 Å². The minimum Gasteiger partial charge on any atom is -0.457 e. The van der Waals surface area contributed by atoms with Crippen LogP contribution in [0.4, 0.5) is 4.39 Å². The smallest absolute Gasteiger partial charge is 0.351 e. The third-order valence-corrected chi connectivity index (χ3v) is 11.8. The predicted molar refractivity (Wildman–Crippen MR) is 211 cm³/mol. The Bertz CT molecular complexity index is 1870. The lowest BCUT2D eigenvalue weighted by Gasteiger charge is -2.47. The number of carbonyl (C=O) groups excluding carboxylic acids is 3. The van der Waals surface area contributed by atoms with Gasteiger partial charge in [0.15, 0.2) is 17.5 Å². The number of aromatic amines is 1. The molecule has 16 nitrogen and oxygen atoms in total. The number of carbonyl (C=O) groups is 3. The van der Waals surface area contributed by atoms with E-state index in [2.05, 4.69) is 32.5 Å². The summed E-state index contributed by atoms with van der Waals surface area (Å²) in [5.41, 5.74) is -5.87. The predicted octanol–water partition coefficient (Wildman–Crippen LogP) is 2.06. The quantitative estimate of drug-likeness (QED) is 0.163. The Morgan fingerprint density at radius 1 is 1.12 bits per heavy atom. The van der Waals surface area contributed by atoms with Gasteiger partial charge >= 0.3 is 5.97 Å². The first kappa shape index (κ1) is 46.8. The van der Waals surface area contributed by atoms with Crippen LogP contribution in [0.25, 0.3) is 11.4 Å². The number of aliphatic hydroxyl groups excluding tert-OH is 1. The normalized spacial score (nSPS) is 36.8. The number of pyridine rings is 1. The summed E-state index contributed by atoms with van der Waals surface area (Å²) < 4.78 is 42.3. The van der Waals surface area contributed by atoms with Crippen LogP contribution >= 0.6 is 0 Å². The lowest BCUT2D eigenvalue weighted by Crippen LogP contribution is -2.63. The van der Waals surface area contributed by atoms with Gasteiger partial charge in [0.05, 0.1) is 36.2 Å².